The van der Waals surface area contributed by atoms with Crippen LogP contribution in [-0.4, -0.2) is 72.1 Å². The smallest absolute Gasteiger partial charge is 0.409 e. The Bertz CT molecular complexity index is 1110. The van der Waals surface area contributed by atoms with E-state index in [0.29, 0.717) is 24.2 Å². The number of carbonyl (C=O) groups is 3. The fourth-order valence-corrected chi connectivity index (χ4v) is 5.05. The van der Waals surface area contributed by atoms with Crippen LogP contribution in [0.2, 0.25) is 5.02 Å². The van der Waals surface area contributed by atoms with Crippen LogP contribution in [-0.2, 0) is 27.1 Å². The molecule has 1 fully saturated rings. The van der Waals surface area contributed by atoms with E-state index >= 15 is 0 Å². The average Bonchev–Trinajstić information content (AvgIpc) is 2.86. The molecule has 182 valence electrons. The first-order valence-corrected chi connectivity index (χ1v) is 12.2. The van der Waals surface area contributed by atoms with E-state index in [-0.39, 0.29) is 25.4 Å². The minimum Gasteiger partial charge on any atom is -0.469 e. The summed E-state index contributed by atoms with van der Waals surface area (Å²) in [7, 11) is 1.31. The number of esters is 1. The second-order valence-electron chi connectivity index (χ2n) is 8.78. The molecule has 1 atom stereocenters. The van der Waals surface area contributed by atoms with Crippen molar-refractivity contribution in [2.75, 3.05) is 33.4 Å². The van der Waals surface area contributed by atoms with Gasteiger partial charge in [-0.1, -0.05) is 24.6 Å². The van der Waals surface area contributed by atoms with Gasteiger partial charge in [0.2, 0.25) is 0 Å². The Morgan fingerprint density at radius 2 is 1.97 bits per heavy atom. The molecule has 1 unspecified atom stereocenters. The third-order valence-corrected chi connectivity index (χ3v) is 6.93. The molecule has 9 heteroatoms. The van der Waals surface area contributed by atoms with Gasteiger partial charge in [-0.15, -0.1) is 0 Å². The largest absolute Gasteiger partial charge is 0.469 e. The Balaban J connectivity index is 1.59. The monoisotopic (exact) mass is 487 g/mol. The molecular formula is C25H30ClN3O5. The Morgan fingerprint density at radius 3 is 2.74 bits per heavy atom. The van der Waals surface area contributed by atoms with Gasteiger partial charge in [0.15, 0.2) is 0 Å². The van der Waals surface area contributed by atoms with Crippen LogP contribution >= 0.6 is 11.6 Å². The van der Waals surface area contributed by atoms with Gasteiger partial charge in [0, 0.05) is 36.3 Å². The van der Waals surface area contributed by atoms with Gasteiger partial charge in [-0.25, -0.2) is 4.79 Å². The molecule has 0 spiro atoms. The summed E-state index contributed by atoms with van der Waals surface area (Å²) in [6, 6.07) is 4.86. The van der Waals surface area contributed by atoms with Crippen molar-refractivity contribution < 1.29 is 23.9 Å². The van der Waals surface area contributed by atoms with Crippen molar-refractivity contribution in [2.45, 2.75) is 51.5 Å². The van der Waals surface area contributed by atoms with E-state index < -0.39 is 18.1 Å². The third kappa shape index (κ3) is 4.97. The number of carbonyl (C=O) groups excluding carboxylic acids is 3. The van der Waals surface area contributed by atoms with Gasteiger partial charge in [0.05, 0.1) is 36.7 Å². The predicted molar refractivity (Wildman–Crippen MR) is 128 cm³/mol. The number of aromatic nitrogens is 1. The summed E-state index contributed by atoms with van der Waals surface area (Å²) < 4.78 is 10.1. The number of methoxy groups -OCH3 is 1. The number of ether oxygens (including phenoxy) is 2. The number of nitrogens with zero attached hydrogens (tertiary/aromatic N) is 3. The lowest BCUT2D eigenvalue weighted by Crippen LogP contribution is -2.57. The summed E-state index contributed by atoms with van der Waals surface area (Å²) in [4.78, 5) is 45.9. The second-order valence-corrected chi connectivity index (χ2v) is 9.16. The van der Waals surface area contributed by atoms with Crippen molar-refractivity contribution in [3.05, 3.63) is 40.0 Å². The van der Waals surface area contributed by atoms with E-state index in [1.165, 1.54) is 7.11 Å². The van der Waals surface area contributed by atoms with E-state index in [1.54, 1.807) is 21.9 Å². The van der Waals surface area contributed by atoms with E-state index in [0.717, 1.165) is 53.8 Å². The third-order valence-electron chi connectivity index (χ3n) is 6.50. The topological polar surface area (TPSA) is 89.0 Å². The number of amides is 2. The van der Waals surface area contributed by atoms with Crippen LogP contribution in [0.15, 0.2) is 18.2 Å². The molecule has 4 rings (SSSR count). The molecule has 2 amide bonds. The molecule has 1 aromatic carbocycles. The average molecular weight is 488 g/mol. The molecule has 0 N–H and O–H groups in total. The first-order chi connectivity index (χ1) is 16.4. The number of rotatable bonds is 5. The zero-order valence-corrected chi connectivity index (χ0v) is 20.4. The number of pyridine rings is 1. The first kappa shape index (κ1) is 24.3. The molecule has 1 aliphatic carbocycles. The molecule has 2 heterocycles. The lowest BCUT2D eigenvalue weighted by Gasteiger charge is -2.40. The lowest BCUT2D eigenvalue weighted by atomic mass is 9.94. The Labute approximate surface area is 204 Å². The van der Waals surface area contributed by atoms with Crippen LogP contribution in [0, 0.1) is 0 Å². The summed E-state index contributed by atoms with van der Waals surface area (Å²) in [5.74, 6) is -0.654. The van der Waals surface area contributed by atoms with Crippen molar-refractivity contribution in [2.24, 2.45) is 0 Å². The van der Waals surface area contributed by atoms with Crippen LogP contribution in [0.3, 0.4) is 0 Å². The molecule has 8 nitrogen and oxygen atoms in total. The number of benzene rings is 1. The summed E-state index contributed by atoms with van der Waals surface area (Å²) in [5, 5.41) is 1.56. The number of fused-ring (bicyclic) bond motifs is 2. The summed E-state index contributed by atoms with van der Waals surface area (Å²) in [6.07, 6.45) is 4.29. The quantitative estimate of drug-likeness (QED) is 0.592. The highest BCUT2D eigenvalue weighted by molar-refractivity contribution is 6.36. The Hall–Kier alpha value is -2.87. The van der Waals surface area contributed by atoms with Crippen LogP contribution < -0.4 is 0 Å². The highest BCUT2D eigenvalue weighted by Gasteiger charge is 2.35. The number of aryl methyl sites for hydroxylation is 1. The van der Waals surface area contributed by atoms with E-state index in [9.17, 15) is 14.4 Å². The maximum absolute atomic E-state index is 13.5. The van der Waals surface area contributed by atoms with Crippen LogP contribution in [0.5, 0.6) is 0 Å². The molecule has 1 aliphatic heterocycles. The van der Waals surface area contributed by atoms with E-state index in [1.807, 2.05) is 13.0 Å². The maximum Gasteiger partial charge on any atom is 0.409 e. The van der Waals surface area contributed by atoms with Gasteiger partial charge >= 0.3 is 12.1 Å². The molecule has 0 bridgehead atoms. The number of hydrogen-bond acceptors (Lipinski definition) is 6. The minimum atomic E-state index is -0.515. The van der Waals surface area contributed by atoms with E-state index in [2.05, 4.69) is 0 Å². The summed E-state index contributed by atoms with van der Waals surface area (Å²) >= 11 is 6.68. The fraction of sp³-hybridized carbons (Fsp3) is 0.520. The molecule has 0 saturated carbocycles. The highest BCUT2D eigenvalue weighted by Crippen LogP contribution is 2.33. The highest BCUT2D eigenvalue weighted by atomic mass is 35.5. The summed E-state index contributed by atoms with van der Waals surface area (Å²) in [5.41, 5.74) is 3.30. The molecule has 34 heavy (non-hydrogen) atoms. The predicted octanol–water partition coefficient (Wildman–Crippen LogP) is 4.00. The van der Waals surface area contributed by atoms with Crippen molar-refractivity contribution in [3.63, 3.8) is 0 Å². The SMILES string of the molecule is CCCOC(=O)N1CCN(C(=O)c2ccc3c(Cl)c4c(nc3c2)CCCC4)C(CC(=O)OC)C1. The summed E-state index contributed by atoms with van der Waals surface area (Å²) in [6.45, 7) is 3.07. The van der Waals surface area contributed by atoms with Crippen molar-refractivity contribution in [1.29, 1.82) is 0 Å². The normalized spacial score (nSPS) is 17.9. The number of piperazine rings is 1. The van der Waals surface area contributed by atoms with Crippen LogP contribution in [0.25, 0.3) is 10.9 Å². The van der Waals surface area contributed by atoms with Gasteiger partial charge < -0.3 is 19.3 Å². The van der Waals surface area contributed by atoms with Gasteiger partial charge in [-0.3, -0.25) is 14.6 Å². The van der Waals surface area contributed by atoms with Crippen molar-refractivity contribution >= 4 is 40.5 Å². The van der Waals surface area contributed by atoms with Crippen LogP contribution in [0.4, 0.5) is 4.79 Å². The van der Waals surface area contributed by atoms with Gasteiger partial charge in [0.25, 0.3) is 5.91 Å². The maximum atomic E-state index is 13.5. The molecular weight excluding hydrogens is 458 g/mol. The second kappa shape index (κ2) is 10.6. The van der Waals surface area contributed by atoms with Gasteiger partial charge in [-0.05, 0) is 49.8 Å². The Kier molecular flexibility index (Phi) is 7.56. The van der Waals surface area contributed by atoms with Crippen LogP contribution in [0.1, 0.15) is 54.2 Å². The van der Waals surface area contributed by atoms with Gasteiger partial charge in [-0.2, -0.15) is 0 Å². The standard InChI is InChI=1S/C25H30ClN3O5/c1-3-12-34-25(32)28-10-11-29(17(15-28)14-22(30)33-2)24(31)16-8-9-19-21(13-16)27-20-7-5-4-6-18(20)23(19)26/h8-9,13,17H,3-7,10-12,14-15H2,1-2H3. The fourth-order valence-electron chi connectivity index (χ4n) is 4.69. The molecule has 1 saturated heterocycles. The van der Waals surface area contributed by atoms with E-state index in [4.69, 9.17) is 26.1 Å². The molecule has 2 aliphatic rings. The number of halogens is 1. The van der Waals surface area contributed by atoms with Gasteiger partial charge in [0.1, 0.15) is 0 Å². The number of hydrogen-bond donors (Lipinski definition) is 0. The first-order valence-electron chi connectivity index (χ1n) is 11.8. The zero-order valence-electron chi connectivity index (χ0n) is 19.6. The lowest BCUT2D eigenvalue weighted by molar-refractivity contribution is -0.142. The molecule has 2 aromatic rings. The molecule has 0 radical (unpaired) electrons. The zero-order chi connectivity index (χ0) is 24.2. The minimum absolute atomic E-state index is 0.00896. The Morgan fingerprint density at radius 1 is 1.18 bits per heavy atom. The molecule has 1 aromatic heterocycles. The van der Waals surface area contributed by atoms with Crippen molar-refractivity contribution in [1.82, 2.24) is 14.8 Å². The van der Waals surface area contributed by atoms with Crippen molar-refractivity contribution in [3.8, 4) is 0 Å².